The number of carbonyl (C=O) groups is 2. The highest BCUT2D eigenvalue weighted by molar-refractivity contribution is 6.30. The molecular formula is C24H31ClN2O4. The predicted molar refractivity (Wildman–Crippen MR) is 122 cm³/mol. The molecule has 0 spiro atoms. The van der Waals surface area contributed by atoms with Crippen molar-refractivity contribution in [2.45, 2.75) is 52.2 Å². The summed E-state index contributed by atoms with van der Waals surface area (Å²) in [6.45, 7) is 7.67. The molecule has 0 aliphatic rings. The molecule has 2 rings (SSSR count). The van der Waals surface area contributed by atoms with E-state index in [4.69, 9.17) is 21.1 Å². The van der Waals surface area contributed by atoms with Gasteiger partial charge in [-0.1, -0.05) is 42.8 Å². The molecule has 6 nitrogen and oxygen atoms in total. The van der Waals surface area contributed by atoms with Gasteiger partial charge in [0, 0.05) is 17.1 Å². The Kier molecular flexibility index (Phi) is 8.75. The normalized spacial score (nSPS) is 12.1. The van der Waals surface area contributed by atoms with Crippen molar-refractivity contribution in [3.05, 3.63) is 59.1 Å². The zero-order chi connectivity index (χ0) is 23.0. The molecule has 0 aliphatic carbocycles. The summed E-state index contributed by atoms with van der Waals surface area (Å²) in [4.78, 5) is 27.7. The fraction of sp³-hybridized carbons (Fsp3) is 0.417. The van der Waals surface area contributed by atoms with Crippen molar-refractivity contribution in [3.8, 4) is 11.5 Å². The number of benzene rings is 2. The van der Waals surface area contributed by atoms with E-state index in [-0.39, 0.29) is 25.0 Å². The zero-order valence-electron chi connectivity index (χ0n) is 18.8. The lowest BCUT2D eigenvalue weighted by Crippen LogP contribution is -2.54. The van der Waals surface area contributed by atoms with Crippen molar-refractivity contribution < 1.29 is 19.1 Å². The molecule has 0 heterocycles. The number of halogens is 1. The van der Waals surface area contributed by atoms with Crippen molar-refractivity contribution in [1.82, 2.24) is 10.2 Å². The highest BCUT2D eigenvalue weighted by Gasteiger charge is 2.31. The third-order valence-electron chi connectivity index (χ3n) is 4.57. The van der Waals surface area contributed by atoms with Crippen molar-refractivity contribution in [1.29, 1.82) is 0 Å². The van der Waals surface area contributed by atoms with Crippen LogP contribution in [0, 0.1) is 0 Å². The van der Waals surface area contributed by atoms with Crippen molar-refractivity contribution in [3.63, 3.8) is 0 Å². The van der Waals surface area contributed by atoms with Crippen LogP contribution >= 0.6 is 11.6 Å². The molecule has 1 unspecified atom stereocenters. The minimum atomic E-state index is -0.635. The summed E-state index contributed by atoms with van der Waals surface area (Å²) in [6, 6.07) is 13.7. The minimum absolute atomic E-state index is 0.199. The number of methoxy groups -OCH3 is 1. The van der Waals surface area contributed by atoms with E-state index >= 15 is 0 Å². The summed E-state index contributed by atoms with van der Waals surface area (Å²) >= 11 is 5.99. The van der Waals surface area contributed by atoms with Gasteiger partial charge in [-0.25, -0.2) is 0 Å². The lowest BCUT2D eigenvalue weighted by molar-refractivity contribution is -0.143. The molecule has 2 aromatic rings. The van der Waals surface area contributed by atoms with E-state index in [1.54, 1.807) is 42.3 Å². The molecule has 1 N–H and O–H groups in total. The van der Waals surface area contributed by atoms with E-state index in [0.717, 1.165) is 5.56 Å². The Hall–Kier alpha value is -2.73. The van der Waals surface area contributed by atoms with Gasteiger partial charge in [0.05, 0.1) is 7.11 Å². The first kappa shape index (κ1) is 24.5. The first-order valence-corrected chi connectivity index (χ1v) is 10.6. The van der Waals surface area contributed by atoms with E-state index in [0.29, 0.717) is 22.9 Å². The van der Waals surface area contributed by atoms with Crippen LogP contribution in [-0.4, -0.2) is 42.0 Å². The smallest absolute Gasteiger partial charge is 0.261 e. The second kappa shape index (κ2) is 11.0. The van der Waals surface area contributed by atoms with Crippen LogP contribution in [0.3, 0.4) is 0 Å². The number of nitrogens with zero attached hydrogens (tertiary/aromatic N) is 1. The van der Waals surface area contributed by atoms with E-state index in [1.807, 2.05) is 45.9 Å². The number of hydrogen-bond acceptors (Lipinski definition) is 4. The monoisotopic (exact) mass is 446 g/mol. The van der Waals surface area contributed by atoms with Crippen LogP contribution < -0.4 is 14.8 Å². The number of rotatable bonds is 9. The van der Waals surface area contributed by atoms with Crippen LogP contribution in [0.25, 0.3) is 0 Å². The van der Waals surface area contributed by atoms with Crippen LogP contribution in [0.5, 0.6) is 11.5 Å². The van der Waals surface area contributed by atoms with E-state index in [1.165, 1.54) is 0 Å². The standard InChI is InChI=1S/C24H31ClN2O4/c1-6-19(23(29)26-24(2,3)4)27(15-17-11-13-18(25)14-12-17)22(28)16-31-21-10-8-7-9-20(21)30-5/h7-14,19H,6,15-16H2,1-5H3,(H,26,29). The maximum absolute atomic E-state index is 13.2. The molecule has 2 amide bonds. The van der Waals surface area contributed by atoms with Gasteiger partial charge in [0.2, 0.25) is 5.91 Å². The van der Waals surface area contributed by atoms with E-state index in [2.05, 4.69) is 5.32 Å². The molecule has 0 saturated carbocycles. The molecule has 0 bridgehead atoms. The van der Waals surface area contributed by atoms with Gasteiger partial charge >= 0.3 is 0 Å². The SMILES string of the molecule is CCC(C(=O)NC(C)(C)C)N(Cc1ccc(Cl)cc1)C(=O)COc1ccccc1OC. The molecular weight excluding hydrogens is 416 g/mol. The van der Waals surface area contributed by atoms with Gasteiger partial charge in [0.15, 0.2) is 18.1 Å². The Bertz CT molecular complexity index is 878. The highest BCUT2D eigenvalue weighted by Crippen LogP contribution is 2.26. The van der Waals surface area contributed by atoms with Gasteiger partial charge < -0.3 is 19.7 Å². The molecule has 2 aromatic carbocycles. The third kappa shape index (κ3) is 7.47. The molecule has 1 atom stereocenters. The van der Waals surface area contributed by atoms with E-state index < -0.39 is 11.6 Å². The quantitative estimate of drug-likeness (QED) is 0.617. The van der Waals surface area contributed by atoms with Gasteiger partial charge in [-0.3, -0.25) is 9.59 Å². The summed E-state index contributed by atoms with van der Waals surface area (Å²) in [5.41, 5.74) is 0.463. The summed E-state index contributed by atoms with van der Waals surface area (Å²) in [6.07, 6.45) is 0.468. The molecule has 168 valence electrons. The molecule has 31 heavy (non-hydrogen) atoms. The Morgan fingerprint density at radius 1 is 1.06 bits per heavy atom. The topological polar surface area (TPSA) is 67.9 Å². The first-order valence-electron chi connectivity index (χ1n) is 10.3. The second-order valence-electron chi connectivity index (χ2n) is 8.25. The van der Waals surface area contributed by atoms with Gasteiger partial charge in [-0.2, -0.15) is 0 Å². The first-order chi connectivity index (χ1) is 14.6. The fourth-order valence-corrected chi connectivity index (χ4v) is 3.25. The predicted octanol–water partition coefficient (Wildman–Crippen LogP) is 4.45. The minimum Gasteiger partial charge on any atom is -0.493 e. The Balaban J connectivity index is 2.25. The lowest BCUT2D eigenvalue weighted by Gasteiger charge is -2.33. The van der Waals surface area contributed by atoms with Crippen molar-refractivity contribution >= 4 is 23.4 Å². The van der Waals surface area contributed by atoms with Gasteiger partial charge in [0.1, 0.15) is 6.04 Å². The number of carbonyl (C=O) groups excluding carboxylic acids is 2. The highest BCUT2D eigenvalue weighted by atomic mass is 35.5. The third-order valence-corrected chi connectivity index (χ3v) is 4.82. The van der Waals surface area contributed by atoms with Crippen molar-refractivity contribution in [2.75, 3.05) is 13.7 Å². The number of hydrogen-bond donors (Lipinski definition) is 1. The molecule has 7 heteroatoms. The van der Waals surface area contributed by atoms with Crippen LogP contribution in [0.4, 0.5) is 0 Å². The largest absolute Gasteiger partial charge is 0.493 e. The molecule has 0 aliphatic heterocycles. The van der Waals surface area contributed by atoms with Crippen LogP contribution in [0.2, 0.25) is 5.02 Å². The zero-order valence-corrected chi connectivity index (χ0v) is 19.5. The summed E-state index contributed by atoms with van der Waals surface area (Å²) < 4.78 is 11.0. The van der Waals surface area contributed by atoms with Crippen molar-refractivity contribution in [2.24, 2.45) is 0 Å². The Morgan fingerprint density at radius 3 is 2.23 bits per heavy atom. The van der Waals surface area contributed by atoms with E-state index in [9.17, 15) is 9.59 Å². The van der Waals surface area contributed by atoms with Gasteiger partial charge in [-0.15, -0.1) is 0 Å². The Labute approximate surface area is 189 Å². The van der Waals surface area contributed by atoms with Crippen LogP contribution in [0.15, 0.2) is 48.5 Å². The summed E-state index contributed by atoms with van der Waals surface area (Å²) in [5.74, 6) is 0.514. The number of nitrogens with one attached hydrogen (secondary N) is 1. The molecule has 0 fully saturated rings. The summed E-state index contributed by atoms with van der Waals surface area (Å²) in [7, 11) is 1.54. The number of amides is 2. The number of para-hydroxylation sites is 2. The Morgan fingerprint density at radius 2 is 1.68 bits per heavy atom. The van der Waals surface area contributed by atoms with Gasteiger partial charge in [0.25, 0.3) is 5.91 Å². The average molecular weight is 447 g/mol. The maximum atomic E-state index is 13.2. The second-order valence-corrected chi connectivity index (χ2v) is 8.69. The molecule has 0 aromatic heterocycles. The maximum Gasteiger partial charge on any atom is 0.261 e. The lowest BCUT2D eigenvalue weighted by atomic mass is 10.1. The van der Waals surface area contributed by atoms with Crippen LogP contribution in [-0.2, 0) is 16.1 Å². The number of ether oxygens (including phenoxy) is 2. The molecule has 0 radical (unpaired) electrons. The average Bonchev–Trinajstić information content (AvgIpc) is 2.72. The molecule has 0 saturated heterocycles. The van der Waals surface area contributed by atoms with Gasteiger partial charge in [-0.05, 0) is 57.0 Å². The summed E-state index contributed by atoms with van der Waals surface area (Å²) in [5, 5.41) is 3.59. The van der Waals surface area contributed by atoms with Crippen LogP contribution in [0.1, 0.15) is 39.7 Å². The fourth-order valence-electron chi connectivity index (χ4n) is 3.12.